The molecule has 1 aliphatic heterocycles. The minimum atomic E-state index is -0.0899. The Morgan fingerprint density at radius 3 is 2.94 bits per heavy atom. The number of rotatable bonds is 1. The molecule has 0 radical (unpaired) electrons. The van der Waals surface area contributed by atoms with Gasteiger partial charge >= 0.3 is 0 Å². The van der Waals surface area contributed by atoms with E-state index in [9.17, 15) is 5.11 Å². The Hall–Kier alpha value is -0.970. The molecule has 0 aliphatic carbocycles. The Bertz CT molecular complexity index is 591. The summed E-state index contributed by atoms with van der Waals surface area (Å²) in [6.45, 7) is 0.735. The molecule has 3 rings (SSSR count). The number of benzene rings is 1. The Morgan fingerprint density at radius 1 is 1.39 bits per heavy atom. The van der Waals surface area contributed by atoms with Crippen molar-refractivity contribution in [1.82, 2.24) is 9.78 Å². The molecule has 1 aromatic heterocycles. The maximum atomic E-state index is 9.94. The zero-order valence-corrected chi connectivity index (χ0v) is 11.1. The van der Waals surface area contributed by atoms with E-state index in [4.69, 9.17) is 27.9 Å². The van der Waals surface area contributed by atoms with Crippen LogP contribution in [0.4, 0.5) is 0 Å². The number of phenols is 1. The number of nitrogens with zero attached hydrogens (tertiary/aromatic N) is 2. The SMILES string of the molecule is Oc1c(Cl)c(Cl)cc2c1cnn2C1CCCCO1. The molecule has 18 heavy (non-hydrogen) atoms. The topological polar surface area (TPSA) is 47.3 Å². The van der Waals surface area contributed by atoms with Crippen LogP contribution in [0, 0.1) is 0 Å². The second-order valence-corrected chi connectivity index (χ2v) is 5.15. The highest BCUT2D eigenvalue weighted by Crippen LogP contribution is 2.39. The van der Waals surface area contributed by atoms with E-state index in [1.165, 1.54) is 0 Å². The molecule has 0 spiro atoms. The van der Waals surface area contributed by atoms with E-state index >= 15 is 0 Å². The van der Waals surface area contributed by atoms with Crippen molar-refractivity contribution in [3.63, 3.8) is 0 Å². The number of fused-ring (bicyclic) bond motifs is 1. The fourth-order valence-electron chi connectivity index (χ4n) is 2.26. The monoisotopic (exact) mass is 286 g/mol. The van der Waals surface area contributed by atoms with Crippen LogP contribution < -0.4 is 0 Å². The molecule has 2 heterocycles. The Morgan fingerprint density at radius 2 is 2.22 bits per heavy atom. The molecule has 4 nitrogen and oxygen atoms in total. The highest BCUT2D eigenvalue weighted by molar-refractivity contribution is 6.44. The van der Waals surface area contributed by atoms with E-state index < -0.39 is 0 Å². The van der Waals surface area contributed by atoms with E-state index in [1.807, 2.05) is 0 Å². The molecule has 1 atom stereocenters. The second-order valence-electron chi connectivity index (χ2n) is 4.36. The van der Waals surface area contributed by atoms with E-state index in [-0.39, 0.29) is 17.0 Å². The van der Waals surface area contributed by atoms with Gasteiger partial charge in [0.05, 0.1) is 22.1 Å². The maximum absolute atomic E-state index is 9.94. The molecule has 0 amide bonds. The second kappa shape index (κ2) is 4.61. The van der Waals surface area contributed by atoms with Gasteiger partial charge in [0.25, 0.3) is 0 Å². The number of aromatic hydroxyl groups is 1. The van der Waals surface area contributed by atoms with Gasteiger partial charge in [-0.05, 0) is 25.3 Å². The van der Waals surface area contributed by atoms with Crippen molar-refractivity contribution in [2.24, 2.45) is 0 Å². The number of halogens is 2. The van der Waals surface area contributed by atoms with Crippen LogP contribution in [0.3, 0.4) is 0 Å². The molecule has 0 saturated carbocycles. The van der Waals surface area contributed by atoms with Crippen LogP contribution in [0.1, 0.15) is 25.5 Å². The van der Waals surface area contributed by atoms with E-state index in [0.29, 0.717) is 10.4 Å². The molecule has 96 valence electrons. The Kier molecular flexibility index (Phi) is 3.09. The van der Waals surface area contributed by atoms with Crippen molar-refractivity contribution in [2.45, 2.75) is 25.5 Å². The summed E-state index contributed by atoms with van der Waals surface area (Å²) in [5.74, 6) is -0.0266. The highest BCUT2D eigenvalue weighted by Gasteiger charge is 2.21. The zero-order valence-electron chi connectivity index (χ0n) is 9.57. The van der Waals surface area contributed by atoms with Crippen LogP contribution in [0.15, 0.2) is 12.3 Å². The first kappa shape index (κ1) is 12.1. The molecular weight excluding hydrogens is 275 g/mol. The number of aromatic nitrogens is 2. The lowest BCUT2D eigenvalue weighted by Gasteiger charge is -2.23. The first-order chi connectivity index (χ1) is 8.68. The Labute approximate surface area is 114 Å². The van der Waals surface area contributed by atoms with Gasteiger partial charge in [0, 0.05) is 6.61 Å². The Balaban J connectivity index is 2.13. The van der Waals surface area contributed by atoms with Crippen molar-refractivity contribution >= 4 is 34.1 Å². The van der Waals surface area contributed by atoms with Crippen molar-refractivity contribution in [3.05, 3.63) is 22.3 Å². The first-order valence-electron chi connectivity index (χ1n) is 5.84. The smallest absolute Gasteiger partial charge is 0.150 e. The fourth-order valence-corrected chi connectivity index (χ4v) is 2.61. The molecule has 2 aromatic rings. The fraction of sp³-hybridized carbons (Fsp3) is 0.417. The summed E-state index contributed by atoms with van der Waals surface area (Å²) >= 11 is 11.9. The van der Waals surface area contributed by atoms with Crippen molar-refractivity contribution in [1.29, 1.82) is 0 Å². The van der Waals surface area contributed by atoms with Crippen LogP contribution in [-0.4, -0.2) is 21.5 Å². The highest BCUT2D eigenvalue weighted by atomic mass is 35.5. The quantitative estimate of drug-likeness (QED) is 0.869. The lowest BCUT2D eigenvalue weighted by Crippen LogP contribution is -2.18. The standard InChI is InChI=1S/C12H12Cl2N2O2/c13-8-5-9-7(12(17)11(8)14)6-15-16(9)10-3-1-2-4-18-10/h5-6,10,17H,1-4H2. The van der Waals surface area contributed by atoms with Gasteiger partial charge in [0.1, 0.15) is 10.8 Å². The predicted octanol–water partition coefficient (Wildman–Crippen LogP) is 3.75. The van der Waals surface area contributed by atoms with Crippen molar-refractivity contribution < 1.29 is 9.84 Å². The molecule has 6 heteroatoms. The predicted molar refractivity (Wildman–Crippen MR) is 70.3 cm³/mol. The normalized spacial score (nSPS) is 20.4. The molecule has 1 saturated heterocycles. The van der Waals surface area contributed by atoms with Gasteiger partial charge in [-0.25, -0.2) is 4.68 Å². The van der Waals surface area contributed by atoms with Gasteiger partial charge in [-0.1, -0.05) is 23.2 Å². The minimum Gasteiger partial charge on any atom is -0.506 e. The van der Waals surface area contributed by atoms with Gasteiger partial charge in [0.2, 0.25) is 0 Å². The third-order valence-corrected chi connectivity index (χ3v) is 3.98. The average molecular weight is 287 g/mol. The van der Waals surface area contributed by atoms with Gasteiger partial charge in [-0.15, -0.1) is 0 Å². The third-order valence-electron chi connectivity index (χ3n) is 3.20. The summed E-state index contributed by atoms with van der Waals surface area (Å²) < 4.78 is 7.44. The first-order valence-corrected chi connectivity index (χ1v) is 6.60. The van der Waals surface area contributed by atoms with Gasteiger partial charge in [-0.3, -0.25) is 0 Å². The summed E-state index contributed by atoms with van der Waals surface area (Å²) in [6.07, 6.45) is 4.60. The lowest BCUT2D eigenvalue weighted by atomic mass is 10.2. The average Bonchev–Trinajstić information content (AvgIpc) is 2.81. The van der Waals surface area contributed by atoms with E-state index in [2.05, 4.69) is 5.10 Å². The molecule has 1 aromatic carbocycles. The van der Waals surface area contributed by atoms with Crippen LogP contribution in [0.2, 0.25) is 10.0 Å². The molecule has 1 aliphatic rings. The molecular formula is C12H12Cl2N2O2. The zero-order chi connectivity index (χ0) is 12.7. The lowest BCUT2D eigenvalue weighted by molar-refractivity contribution is -0.0366. The number of phenolic OH excluding ortho intramolecular Hbond substituents is 1. The third kappa shape index (κ3) is 1.85. The largest absolute Gasteiger partial charge is 0.506 e. The van der Waals surface area contributed by atoms with Crippen LogP contribution in [-0.2, 0) is 4.74 Å². The number of hydrogen-bond donors (Lipinski definition) is 1. The molecule has 1 N–H and O–H groups in total. The summed E-state index contributed by atoms with van der Waals surface area (Å²) in [5.41, 5.74) is 0.744. The summed E-state index contributed by atoms with van der Waals surface area (Å²) in [6, 6.07) is 1.71. The summed E-state index contributed by atoms with van der Waals surface area (Å²) in [7, 11) is 0. The van der Waals surface area contributed by atoms with Crippen LogP contribution >= 0.6 is 23.2 Å². The van der Waals surface area contributed by atoms with Gasteiger partial charge in [0.15, 0.2) is 6.23 Å². The van der Waals surface area contributed by atoms with Crippen molar-refractivity contribution in [3.8, 4) is 5.75 Å². The van der Waals surface area contributed by atoms with Crippen molar-refractivity contribution in [2.75, 3.05) is 6.61 Å². The van der Waals surface area contributed by atoms with Crippen LogP contribution in [0.5, 0.6) is 5.75 Å². The minimum absolute atomic E-state index is 0.0266. The van der Waals surface area contributed by atoms with Crippen LogP contribution in [0.25, 0.3) is 10.9 Å². The van der Waals surface area contributed by atoms with Gasteiger partial charge < -0.3 is 9.84 Å². The van der Waals surface area contributed by atoms with E-state index in [0.717, 1.165) is 31.4 Å². The van der Waals surface area contributed by atoms with Gasteiger partial charge in [-0.2, -0.15) is 5.10 Å². The van der Waals surface area contributed by atoms with E-state index in [1.54, 1.807) is 16.9 Å². The molecule has 1 fully saturated rings. The molecule has 1 unspecified atom stereocenters. The number of hydrogen-bond acceptors (Lipinski definition) is 3. The summed E-state index contributed by atoms with van der Waals surface area (Å²) in [5, 5.41) is 15.3. The summed E-state index contributed by atoms with van der Waals surface area (Å²) in [4.78, 5) is 0. The maximum Gasteiger partial charge on any atom is 0.150 e. The molecule has 0 bridgehead atoms. The number of ether oxygens (including phenoxy) is 1.